The van der Waals surface area contributed by atoms with Crippen molar-refractivity contribution in [2.75, 3.05) is 0 Å². The van der Waals surface area contributed by atoms with Crippen LogP contribution in [0.15, 0.2) is 65.8 Å². The van der Waals surface area contributed by atoms with Gasteiger partial charge in [-0.15, -0.1) is 0 Å². The van der Waals surface area contributed by atoms with Crippen LogP contribution in [-0.4, -0.2) is 16.5 Å². The molecule has 4 nitrogen and oxygen atoms in total. The monoisotopic (exact) mass is 397 g/mol. The average molecular weight is 397 g/mol. The summed E-state index contributed by atoms with van der Waals surface area (Å²) in [7, 11) is 0. The lowest BCUT2D eigenvalue weighted by atomic mass is 9.94. The van der Waals surface area contributed by atoms with E-state index in [1.54, 1.807) is 30.5 Å². The number of ketones is 1. The minimum absolute atomic E-state index is 0.0267. The minimum atomic E-state index is -0.276. The van der Waals surface area contributed by atoms with Gasteiger partial charge in [0.25, 0.3) is 0 Å². The SMILES string of the molecule is C[C@@H](CC(=O)Cc1cc2c(cn1)C(c1ccc(C#N)cc1)=NC2)c1ccc(F)cc1. The van der Waals surface area contributed by atoms with Gasteiger partial charge in [0.1, 0.15) is 11.6 Å². The average Bonchev–Trinajstić information content (AvgIpc) is 3.17. The molecule has 1 aliphatic heterocycles. The lowest BCUT2D eigenvalue weighted by Crippen LogP contribution is -2.10. The molecular formula is C25H20FN3O. The Hall–Kier alpha value is -3.65. The standard InChI is InChI=1S/C25H20FN3O/c1-16(18-6-8-21(26)9-7-18)10-23(30)12-22-11-20-14-29-25(24(20)15-28-22)19-4-2-17(13-27)3-5-19/h2-9,11,15-16H,10,12,14H2,1H3/t16-/m0/s1. The molecule has 0 amide bonds. The Morgan fingerprint density at radius 1 is 1.17 bits per heavy atom. The third-order valence-electron chi connectivity index (χ3n) is 5.35. The van der Waals surface area contributed by atoms with Crippen LogP contribution in [0.1, 0.15) is 52.8 Å². The summed E-state index contributed by atoms with van der Waals surface area (Å²) in [5.41, 5.74) is 6.14. The van der Waals surface area contributed by atoms with Gasteiger partial charge in [0.05, 0.1) is 23.9 Å². The van der Waals surface area contributed by atoms with Crippen LogP contribution in [0.2, 0.25) is 0 Å². The number of aromatic nitrogens is 1. The van der Waals surface area contributed by atoms with Crippen LogP contribution in [-0.2, 0) is 17.8 Å². The van der Waals surface area contributed by atoms with Gasteiger partial charge in [-0.3, -0.25) is 14.8 Å². The van der Waals surface area contributed by atoms with Crippen LogP contribution < -0.4 is 0 Å². The van der Waals surface area contributed by atoms with E-state index in [1.165, 1.54) is 12.1 Å². The maximum Gasteiger partial charge on any atom is 0.139 e. The Labute approximate surface area is 174 Å². The Balaban J connectivity index is 1.43. The van der Waals surface area contributed by atoms with Crippen LogP contribution in [0.4, 0.5) is 4.39 Å². The first-order valence-corrected chi connectivity index (χ1v) is 9.84. The van der Waals surface area contributed by atoms with Crippen molar-refractivity contribution in [3.05, 3.63) is 100 Å². The summed E-state index contributed by atoms with van der Waals surface area (Å²) in [6, 6.07) is 17.7. The van der Waals surface area contributed by atoms with E-state index in [0.29, 0.717) is 18.5 Å². The largest absolute Gasteiger partial charge is 0.299 e. The van der Waals surface area contributed by atoms with Crippen LogP contribution in [0, 0.1) is 17.1 Å². The number of hydrogen-bond donors (Lipinski definition) is 0. The first-order chi connectivity index (χ1) is 14.5. The molecular weight excluding hydrogens is 377 g/mol. The van der Waals surface area contributed by atoms with Crippen molar-refractivity contribution in [2.45, 2.75) is 32.2 Å². The molecule has 0 unspecified atom stereocenters. The number of halogens is 1. The molecule has 2 heterocycles. The number of benzene rings is 2. The summed E-state index contributed by atoms with van der Waals surface area (Å²) in [5, 5.41) is 8.95. The molecule has 30 heavy (non-hydrogen) atoms. The number of aliphatic imine (C=N–C) groups is 1. The molecule has 0 radical (unpaired) electrons. The highest BCUT2D eigenvalue weighted by Crippen LogP contribution is 2.25. The summed E-state index contributed by atoms with van der Waals surface area (Å²) in [5.74, 6) is -0.147. The van der Waals surface area contributed by atoms with E-state index in [0.717, 1.165) is 33.7 Å². The number of pyridine rings is 1. The molecule has 3 aromatic rings. The quantitative estimate of drug-likeness (QED) is 0.603. The topological polar surface area (TPSA) is 66.1 Å². The second kappa shape index (κ2) is 8.38. The van der Waals surface area contributed by atoms with E-state index in [2.05, 4.69) is 16.0 Å². The van der Waals surface area contributed by atoms with E-state index < -0.39 is 0 Å². The fourth-order valence-electron chi connectivity index (χ4n) is 3.71. The number of hydrogen-bond acceptors (Lipinski definition) is 4. The highest BCUT2D eigenvalue weighted by molar-refractivity contribution is 6.15. The number of carbonyl (C=O) groups is 1. The molecule has 0 spiro atoms. The number of fused-ring (bicyclic) bond motifs is 1. The molecule has 0 saturated carbocycles. The van der Waals surface area contributed by atoms with Crippen LogP contribution in [0.3, 0.4) is 0 Å². The van der Waals surface area contributed by atoms with Gasteiger partial charge in [0.15, 0.2) is 0 Å². The Morgan fingerprint density at radius 2 is 1.90 bits per heavy atom. The van der Waals surface area contributed by atoms with Crippen LogP contribution in [0.5, 0.6) is 0 Å². The third-order valence-corrected chi connectivity index (χ3v) is 5.35. The van der Waals surface area contributed by atoms with Crippen molar-refractivity contribution >= 4 is 11.5 Å². The number of nitriles is 1. The predicted molar refractivity (Wildman–Crippen MR) is 113 cm³/mol. The van der Waals surface area contributed by atoms with Gasteiger partial charge >= 0.3 is 0 Å². The molecule has 0 N–H and O–H groups in total. The van der Waals surface area contributed by atoms with Gasteiger partial charge in [-0.25, -0.2) is 4.39 Å². The molecule has 1 aromatic heterocycles. The van der Waals surface area contributed by atoms with Crippen molar-refractivity contribution in [2.24, 2.45) is 4.99 Å². The van der Waals surface area contributed by atoms with Gasteiger partial charge in [0, 0.05) is 35.9 Å². The summed E-state index contributed by atoms with van der Waals surface area (Å²) < 4.78 is 13.1. The predicted octanol–water partition coefficient (Wildman–Crippen LogP) is 4.75. The zero-order chi connectivity index (χ0) is 21.1. The van der Waals surface area contributed by atoms with Crippen molar-refractivity contribution < 1.29 is 9.18 Å². The Morgan fingerprint density at radius 3 is 2.60 bits per heavy atom. The summed E-state index contributed by atoms with van der Waals surface area (Å²) in [6.45, 7) is 2.53. The van der Waals surface area contributed by atoms with Gasteiger partial charge in [-0.2, -0.15) is 5.26 Å². The summed E-state index contributed by atoms with van der Waals surface area (Å²) >= 11 is 0. The number of rotatable bonds is 6. The highest BCUT2D eigenvalue weighted by Gasteiger charge is 2.20. The lowest BCUT2D eigenvalue weighted by Gasteiger charge is -2.11. The molecule has 5 heteroatoms. The number of Topliss-reactive ketones (excluding diaryl/α,β-unsaturated/α-hetero) is 1. The second-order valence-electron chi connectivity index (χ2n) is 7.56. The first-order valence-electron chi connectivity index (χ1n) is 9.84. The Kier molecular flexibility index (Phi) is 5.49. The molecule has 4 rings (SSSR count). The maximum atomic E-state index is 13.1. The van der Waals surface area contributed by atoms with E-state index in [1.807, 2.05) is 25.1 Å². The minimum Gasteiger partial charge on any atom is -0.299 e. The molecule has 0 aliphatic carbocycles. The van der Waals surface area contributed by atoms with Gasteiger partial charge in [0.2, 0.25) is 0 Å². The maximum absolute atomic E-state index is 13.1. The van der Waals surface area contributed by atoms with Crippen molar-refractivity contribution in [3.63, 3.8) is 0 Å². The zero-order valence-corrected chi connectivity index (χ0v) is 16.6. The van der Waals surface area contributed by atoms with E-state index in [9.17, 15) is 9.18 Å². The molecule has 148 valence electrons. The highest BCUT2D eigenvalue weighted by atomic mass is 19.1. The molecule has 1 atom stereocenters. The van der Waals surface area contributed by atoms with E-state index in [4.69, 9.17) is 5.26 Å². The normalized spacial score (nSPS) is 13.3. The van der Waals surface area contributed by atoms with Crippen LogP contribution >= 0.6 is 0 Å². The van der Waals surface area contributed by atoms with Crippen LogP contribution in [0.25, 0.3) is 0 Å². The third kappa shape index (κ3) is 4.18. The van der Waals surface area contributed by atoms with Crippen molar-refractivity contribution in [1.82, 2.24) is 4.98 Å². The summed E-state index contributed by atoms with van der Waals surface area (Å²) in [6.07, 6.45) is 2.44. The van der Waals surface area contributed by atoms with Gasteiger partial charge in [-0.1, -0.05) is 31.2 Å². The van der Waals surface area contributed by atoms with Gasteiger partial charge in [-0.05, 0) is 47.4 Å². The Bertz CT molecular complexity index is 1160. The van der Waals surface area contributed by atoms with Gasteiger partial charge < -0.3 is 0 Å². The van der Waals surface area contributed by atoms with Crippen molar-refractivity contribution in [1.29, 1.82) is 5.26 Å². The summed E-state index contributed by atoms with van der Waals surface area (Å²) in [4.78, 5) is 21.7. The second-order valence-corrected chi connectivity index (χ2v) is 7.56. The smallest absolute Gasteiger partial charge is 0.139 e. The lowest BCUT2D eigenvalue weighted by molar-refractivity contribution is -0.118. The van der Waals surface area contributed by atoms with E-state index >= 15 is 0 Å². The zero-order valence-electron chi connectivity index (χ0n) is 16.6. The fourth-order valence-corrected chi connectivity index (χ4v) is 3.71. The number of nitrogens with zero attached hydrogens (tertiary/aromatic N) is 3. The molecule has 0 bridgehead atoms. The molecule has 1 aliphatic rings. The number of carbonyl (C=O) groups excluding carboxylic acids is 1. The molecule has 0 saturated heterocycles. The van der Waals surface area contributed by atoms with Crippen molar-refractivity contribution in [3.8, 4) is 6.07 Å². The first kappa shape index (κ1) is 19.7. The molecule has 0 fully saturated rings. The van der Waals surface area contributed by atoms with E-state index in [-0.39, 0.29) is 23.9 Å². The molecule has 2 aromatic carbocycles. The fraction of sp³-hybridized carbons (Fsp3) is 0.200.